The van der Waals surface area contributed by atoms with E-state index in [4.69, 9.17) is 4.42 Å². The largest absolute Gasteiger partial charge is 0.469 e. The fraction of sp³-hybridized carbons (Fsp3) is 0.286. The maximum atomic E-state index is 13.6. The highest BCUT2D eigenvalue weighted by molar-refractivity contribution is 7.89. The Morgan fingerprint density at radius 3 is 2.85 bits per heavy atom. The molecule has 1 aromatic heterocycles. The Bertz CT molecular complexity index is 724. The molecule has 3 rings (SSSR count). The minimum absolute atomic E-state index is 0.324. The summed E-state index contributed by atoms with van der Waals surface area (Å²) in [5, 5.41) is 0. The Kier molecular flexibility index (Phi) is 3.35. The van der Waals surface area contributed by atoms with E-state index in [1.54, 1.807) is 12.3 Å². The summed E-state index contributed by atoms with van der Waals surface area (Å²) >= 11 is 0. The van der Waals surface area contributed by atoms with Crippen LogP contribution in [0.3, 0.4) is 0 Å². The maximum absolute atomic E-state index is 13.6. The summed E-state index contributed by atoms with van der Waals surface area (Å²) in [6.45, 7) is 0. The Labute approximate surface area is 116 Å². The molecule has 0 saturated carbocycles. The average molecular weight is 295 g/mol. The standard InChI is InChI=1S/C14H14FNO3S/c15-11-4-1-2-7-14(11)20(17,18)16-12-5-3-6-13-10(12)8-9-19-13/h1-2,4,7-9,12,16H,3,5-6H2. The van der Waals surface area contributed by atoms with Gasteiger partial charge < -0.3 is 4.42 Å². The summed E-state index contributed by atoms with van der Waals surface area (Å²) in [7, 11) is -3.88. The molecule has 6 heteroatoms. The van der Waals surface area contributed by atoms with Gasteiger partial charge in [-0.05, 0) is 31.0 Å². The molecule has 0 saturated heterocycles. The van der Waals surface area contributed by atoms with Crippen molar-refractivity contribution in [1.29, 1.82) is 0 Å². The van der Waals surface area contributed by atoms with E-state index in [0.717, 1.165) is 30.2 Å². The third kappa shape index (κ3) is 2.36. The summed E-state index contributed by atoms with van der Waals surface area (Å²) in [5.41, 5.74) is 0.844. The van der Waals surface area contributed by atoms with Crippen LogP contribution in [-0.2, 0) is 16.4 Å². The fourth-order valence-corrected chi connectivity index (χ4v) is 3.85. The van der Waals surface area contributed by atoms with Crippen LogP contribution in [-0.4, -0.2) is 8.42 Å². The molecular weight excluding hydrogens is 281 g/mol. The number of halogens is 1. The molecule has 20 heavy (non-hydrogen) atoms. The van der Waals surface area contributed by atoms with Crippen molar-refractivity contribution >= 4 is 10.0 Å². The Balaban J connectivity index is 1.91. The SMILES string of the molecule is O=S(=O)(NC1CCCc2occc21)c1ccccc1F. The van der Waals surface area contributed by atoms with Crippen LogP contribution in [0.5, 0.6) is 0 Å². The van der Waals surface area contributed by atoms with Gasteiger partial charge in [-0.25, -0.2) is 17.5 Å². The molecule has 106 valence electrons. The van der Waals surface area contributed by atoms with E-state index < -0.39 is 15.8 Å². The Morgan fingerprint density at radius 1 is 1.25 bits per heavy atom. The van der Waals surface area contributed by atoms with E-state index in [2.05, 4.69) is 4.72 Å². The monoisotopic (exact) mass is 295 g/mol. The zero-order valence-corrected chi connectivity index (χ0v) is 11.5. The third-order valence-corrected chi connectivity index (χ3v) is 4.98. The summed E-state index contributed by atoms with van der Waals surface area (Å²) in [6.07, 6.45) is 3.88. The highest BCUT2D eigenvalue weighted by atomic mass is 32.2. The van der Waals surface area contributed by atoms with Gasteiger partial charge in [-0.1, -0.05) is 12.1 Å². The quantitative estimate of drug-likeness (QED) is 0.947. The van der Waals surface area contributed by atoms with E-state index in [0.29, 0.717) is 6.42 Å². The molecule has 1 N–H and O–H groups in total. The first-order valence-electron chi connectivity index (χ1n) is 6.41. The molecule has 1 aromatic carbocycles. The smallest absolute Gasteiger partial charge is 0.244 e. The van der Waals surface area contributed by atoms with Crippen LogP contribution in [0.4, 0.5) is 4.39 Å². The molecule has 0 aliphatic heterocycles. The number of furan rings is 1. The molecule has 1 unspecified atom stereocenters. The Morgan fingerprint density at radius 2 is 2.05 bits per heavy atom. The second-order valence-electron chi connectivity index (χ2n) is 4.80. The first-order chi connectivity index (χ1) is 9.58. The van der Waals surface area contributed by atoms with E-state index in [9.17, 15) is 12.8 Å². The lowest BCUT2D eigenvalue weighted by atomic mass is 9.94. The molecule has 0 bridgehead atoms. The van der Waals surface area contributed by atoms with Gasteiger partial charge in [0.15, 0.2) is 0 Å². The predicted molar refractivity (Wildman–Crippen MR) is 71.1 cm³/mol. The van der Waals surface area contributed by atoms with Crippen molar-refractivity contribution in [3.05, 3.63) is 53.7 Å². The summed E-state index contributed by atoms with van der Waals surface area (Å²) in [5.74, 6) is 0.0562. The van der Waals surface area contributed by atoms with Gasteiger partial charge in [-0.15, -0.1) is 0 Å². The predicted octanol–water partition coefficient (Wildman–Crippen LogP) is 2.77. The first kappa shape index (κ1) is 13.3. The van der Waals surface area contributed by atoms with Crippen molar-refractivity contribution in [2.24, 2.45) is 0 Å². The van der Waals surface area contributed by atoms with Crippen molar-refractivity contribution in [2.45, 2.75) is 30.2 Å². The van der Waals surface area contributed by atoms with Crippen molar-refractivity contribution in [1.82, 2.24) is 4.72 Å². The topological polar surface area (TPSA) is 59.3 Å². The number of aryl methyl sites for hydroxylation is 1. The van der Waals surface area contributed by atoms with Crippen molar-refractivity contribution in [3.63, 3.8) is 0 Å². The van der Waals surface area contributed by atoms with Crippen LogP contribution in [0.25, 0.3) is 0 Å². The van der Waals surface area contributed by atoms with Gasteiger partial charge >= 0.3 is 0 Å². The molecule has 1 atom stereocenters. The minimum atomic E-state index is -3.88. The van der Waals surface area contributed by atoms with Gasteiger partial charge in [0, 0.05) is 12.0 Å². The molecule has 0 radical (unpaired) electrons. The highest BCUT2D eigenvalue weighted by Gasteiger charge is 2.28. The number of rotatable bonds is 3. The van der Waals surface area contributed by atoms with Gasteiger partial charge in [-0.2, -0.15) is 0 Å². The normalized spacial score (nSPS) is 18.8. The van der Waals surface area contributed by atoms with E-state index in [-0.39, 0.29) is 10.9 Å². The van der Waals surface area contributed by atoms with Crippen LogP contribution < -0.4 is 4.72 Å². The number of nitrogens with one attached hydrogen (secondary N) is 1. The van der Waals surface area contributed by atoms with Crippen LogP contribution in [0, 0.1) is 5.82 Å². The second kappa shape index (κ2) is 5.03. The Hall–Kier alpha value is -1.66. The second-order valence-corrected chi connectivity index (χ2v) is 6.48. The lowest BCUT2D eigenvalue weighted by Crippen LogP contribution is -2.31. The number of sulfonamides is 1. The van der Waals surface area contributed by atoms with E-state index in [1.165, 1.54) is 18.2 Å². The van der Waals surface area contributed by atoms with E-state index >= 15 is 0 Å². The molecule has 1 aliphatic carbocycles. The van der Waals surface area contributed by atoms with Crippen LogP contribution >= 0.6 is 0 Å². The molecule has 0 spiro atoms. The highest BCUT2D eigenvalue weighted by Crippen LogP contribution is 2.31. The van der Waals surface area contributed by atoms with Gasteiger partial charge in [0.1, 0.15) is 16.5 Å². The molecule has 0 fully saturated rings. The summed E-state index contributed by atoms with van der Waals surface area (Å²) < 4.78 is 46.1. The molecular formula is C14H14FNO3S. The lowest BCUT2D eigenvalue weighted by Gasteiger charge is -2.22. The fourth-order valence-electron chi connectivity index (χ4n) is 2.52. The molecule has 0 amide bonds. The van der Waals surface area contributed by atoms with Gasteiger partial charge in [-0.3, -0.25) is 0 Å². The number of hydrogen-bond donors (Lipinski definition) is 1. The van der Waals surface area contributed by atoms with Crippen molar-refractivity contribution in [3.8, 4) is 0 Å². The van der Waals surface area contributed by atoms with Crippen LogP contribution in [0.15, 0.2) is 45.9 Å². The molecule has 1 heterocycles. The van der Waals surface area contributed by atoms with Crippen LogP contribution in [0.1, 0.15) is 30.2 Å². The summed E-state index contributed by atoms with van der Waals surface area (Å²) in [6, 6.07) is 6.77. The number of hydrogen-bond acceptors (Lipinski definition) is 3. The van der Waals surface area contributed by atoms with E-state index in [1.807, 2.05) is 0 Å². The zero-order chi connectivity index (χ0) is 14.2. The third-order valence-electron chi connectivity index (χ3n) is 3.48. The first-order valence-corrected chi connectivity index (χ1v) is 7.89. The summed E-state index contributed by atoms with van der Waals surface area (Å²) in [4.78, 5) is -0.324. The van der Waals surface area contributed by atoms with Crippen molar-refractivity contribution in [2.75, 3.05) is 0 Å². The van der Waals surface area contributed by atoms with Crippen molar-refractivity contribution < 1.29 is 17.2 Å². The van der Waals surface area contributed by atoms with Gasteiger partial charge in [0.2, 0.25) is 10.0 Å². The van der Waals surface area contributed by atoms with Crippen LogP contribution in [0.2, 0.25) is 0 Å². The molecule has 1 aliphatic rings. The average Bonchev–Trinajstić information content (AvgIpc) is 2.88. The molecule has 2 aromatic rings. The number of benzene rings is 1. The zero-order valence-electron chi connectivity index (χ0n) is 10.7. The van der Waals surface area contributed by atoms with Gasteiger partial charge in [0.05, 0.1) is 12.3 Å². The maximum Gasteiger partial charge on any atom is 0.244 e. The van der Waals surface area contributed by atoms with Gasteiger partial charge in [0.25, 0.3) is 0 Å². The number of fused-ring (bicyclic) bond motifs is 1. The minimum Gasteiger partial charge on any atom is -0.469 e. The molecule has 4 nitrogen and oxygen atoms in total. The lowest BCUT2D eigenvalue weighted by molar-refractivity contribution is 0.437.